The zero-order chi connectivity index (χ0) is 12.7. The highest BCUT2D eigenvalue weighted by Crippen LogP contribution is 2.10. The molecule has 0 saturated heterocycles. The van der Waals surface area contributed by atoms with Crippen molar-refractivity contribution in [2.75, 3.05) is 18.9 Å². The van der Waals surface area contributed by atoms with Crippen LogP contribution in [0.1, 0.15) is 18.9 Å². The first-order valence-electron chi connectivity index (χ1n) is 5.72. The van der Waals surface area contributed by atoms with Crippen molar-refractivity contribution < 1.29 is 13.5 Å². The van der Waals surface area contributed by atoms with Crippen LogP contribution in [0.25, 0.3) is 0 Å². The summed E-state index contributed by atoms with van der Waals surface area (Å²) in [6.07, 6.45) is 0.285. The number of aliphatic hydroxyl groups is 1. The first-order valence-corrected chi connectivity index (χ1v) is 7.33. The molecule has 4 nitrogen and oxygen atoms in total. The average Bonchev–Trinajstić information content (AvgIpc) is 2.34. The van der Waals surface area contributed by atoms with Gasteiger partial charge in [0.05, 0.1) is 5.75 Å². The molecule has 0 aliphatic carbocycles. The van der Waals surface area contributed by atoms with E-state index in [9.17, 15) is 8.42 Å². The van der Waals surface area contributed by atoms with Gasteiger partial charge in [0.15, 0.2) is 0 Å². The molecule has 17 heavy (non-hydrogen) atoms. The Morgan fingerprint density at radius 3 is 2.41 bits per heavy atom. The maximum Gasteiger partial charge on any atom is 0.214 e. The summed E-state index contributed by atoms with van der Waals surface area (Å²) in [5.74, 6) is 0.00414. The second-order valence-electron chi connectivity index (χ2n) is 3.80. The third kappa shape index (κ3) is 4.46. The van der Waals surface area contributed by atoms with Crippen molar-refractivity contribution in [1.82, 2.24) is 4.31 Å². The summed E-state index contributed by atoms with van der Waals surface area (Å²) in [6.45, 7) is 2.56. The first-order chi connectivity index (χ1) is 8.10. The second kappa shape index (κ2) is 6.74. The molecule has 1 N–H and O–H groups in total. The SMILES string of the molecule is CCN(Cc1ccccc1)S(=O)(=O)CCCO. The number of benzene rings is 1. The molecule has 1 aromatic rings. The van der Waals surface area contributed by atoms with Crippen LogP contribution in [-0.4, -0.2) is 36.7 Å². The number of sulfonamides is 1. The molecule has 0 bridgehead atoms. The van der Waals surface area contributed by atoms with Crippen molar-refractivity contribution in [2.45, 2.75) is 19.9 Å². The highest BCUT2D eigenvalue weighted by molar-refractivity contribution is 7.89. The van der Waals surface area contributed by atoms with E-state index in [2.05, 4.69) is 0 Å². The van der Waals surface area contributed by atoms with Crippen LogP contribution in [0.3, 0.4) is 0 Å². The Labute approximate surface area is 103 Å². The Hall–Kier alpha value is -0.910. The predicted molar refractivity (Wildman–Crippen MR) is 68.0 cm³/mol. The zero-order valence-electron chi connectivity index (χ0n) is 10.0. The van der Waals surface area contributed by atoms with Gasteiger partial charge in [-0.15, -0.1) is 0 Å². The molecule has 0 atom stereocenters. The Bertz CT molecular complexity index is 417. The molecule has 0 heterocycles. The molecule has 5 heteroatoms. The quantitative estimate of drug-likeness (QED) is 0.799. The van der Waals surface area contributed by atoms with Gasteiger partial charge in [-0.2, -0.15) is 4.31 Å². The van der Waals surface area contributed by atoms with Gasteiger partial charge in [-0.25, -0.2) is 8.42 Å². The van der Waals surface area contributed by atoms with E-state index >= 15 is 0 Å². The van der Waals surface area contributed by atoms with Crippen molar-refractivity contribution in [3.05, 3.63) is 35.9 Å². The largest absolute Gasteiger partial charge is 0.396 e. The summed E-state index contributed by atoms with van der Waals surface area (Å²) in [5, 5.41) is 8.69. The highest BCUT2D eigenvalue weighted by Gasteiger charge is 2.19. The molecule has 1 rings (SSSR count). The predicted octanol–water partition coefficient (Wildman–Crippen LogP) is 1.22. The van der Waals surface area contributed by atoms with Crippen LogP contribution >= 0.6 is 0 Å². The van der Waals surface area contributed by atoms with Gasteiger partial charge in [0.1, 0.15) is 0 Å². The number of hydrogen-bond acceptors (Lipinski definition) is 3. The van der Waals surface area contributed by atoms with Crippen LogP contribution in [0.4, 0.5) is 0 Å². The lowest BCUT2D eigenvalue weighted by Gasteiger charge is -2.20. The normalized spacial score (nSPS) is 11.9. The maximum atomic E-state index is 11.9. The first kappa shape index (κ1) is 14.2. The third-order valence-electron chi connectivity index (χ3n) is 2.51. The molecular formula is C12H19NO3S. The van der Waals surface area contributed by atoms with E-state index in [1.54, 1.807) is 0 Å². The molecule has 0 aliphatic heterocycles. The monoisotopic (exact) mass is 257 g/mol. The standard InChI is InChI=1S/C12H19NO3S/c1-2-13(17(15,16)10-6-9-14)11-12-7-4-3-5-8-12/h3-5,7-8,14H,2,6,9-11H2,1H3. The molecule has 1 aromatic carbocycles. The topological polar surface area (TPSA) is 57.6 Å². The lowest BCUT2D eigenvalue weighted by molar-refractivity contribution is 0.294. The molecule has 0 spiro atoms. The number of rotatable bonds is 7. The molecule has 0 amide bonds. The van der Waals surface area contributed by atoms with E-state index < -0.39 is 10.0 Å². The fourth-order valence-electron chi connectivity index (χ4n) is 1.57. The lowest BCUT2D eigenvalue weighted by atomic mass is 10.2. The molecule has 0 unspecified atom stereocenters. The van der Waals surface area contributed by atoms with Crippen LogP contribution in [0.2, 0.25) is 0 Å². The number of nitrogens with zero attached hydrogens (tertiary/aromatic N) is 1. The van der Waals surface area contributed by atoms with Crippen LogP contribution in [0, 0.1) is 0 Å². The van der Waals surface area contributed by atoms with E-state index in [1.807, 2.05) is 37.3 Å². The fourth-order valence-corrected chi connectivity index (χ4v) is 3.06. The van der Waals surface area contributed by atoms with E-state index in [4.69, 9.17) is 5.11 Å². The van der Waals surface area contributed by atoms with E-state index in [1.165, 1.54) is 4.31 Å². The van der Waals surface area contributed by atoms with E-state index in [-0.39, 0.29) is 18.8 Å². The Morgan fingerprint density at radius 1 is 1.24 bits per heavy atom. The Morgan fingerprint density at radius 2 is 1.88 bits per heavy atom. The fraction of sp³-hybridized carbons (Fsp3) is 0.500. The zero-order valence-corrected chi connectivity index (χ0v) is 10.9. The molecule has 0 aliphatic rings. The lowest BCUT2D eigenvalue weighted by Crippen LogP contribution is -2.32. The minimum Gasteiger partial charge on any atom is -0.396 e. The summed E-state index contributed by atoms with van der Waals surface area (Å²) >= 11 is 0. The molecular weight excluding hydrogens is 238 g/mol. The van der Waals surface area contributed by atoms with Crippen molar-refractivity contribution in [2.24, 2.45) is 0 Å². The molecule has 0 aromatic heterocycles. The number of aliphatic hydroxyl groups excluding tert-OH is 1. The third-order valence-corrected chi connectivity index (χ3v) is 4.49. The van der Waals surface area contributed by atoms with Gasteiger partial charge in [0.2, 0.25) is 10.0 Å². The van der Waals surface area contributed by atoms with Gasteiger partial charge in [0.25, 0.3) is 0 Å². The summed E-state index contributed by atoms with van der Waals surface area (Å²) in [5.41, 5.74) is 0.974. The molecule has 0 fully saturated rings. The summed E-state index contributed by atoms with van der Waals surface area (Å²) < 4.78 is 25.3. The molecule has 96 valence electrons. The highest BCUT2D eigenvalue weighted by atomic mass is 32.2. The average molecular weight is 257 g/mol. The summed E-state index contributed by atoms with van der Waals surface area (Å²) in [7, 11) is -3.26. The van der Waals surface area contributed by atoms with Crippen LogP contribution in [0.5, 0.6) is 0 Å². The van der Waals surface area contributed by atoms with Crippen LogP contribution in [-0.2, 0) is 16.6 Å². The van der Waals surface area contributed by atoms with Gasteiger partial charge in [-0.1, -0.05) is 37.3 Å². The van der Waals surface area contributed by atoms with Crippen LogP contribution < -0.4 is 0 Å². The van der Waals surface area contributed by atoms with Crippen LogP contribution in [0.15, 0.2) is 30.3 Å². The molecule has 0 radical (unpaired) electrons. The van der Waals surface area contributed by atoms with Crippen molar-refractivity contribution >= 4 is 10.0 Å². The van der Waals surface area contributed by atoms with Crippen molar-refractivity contribution in [3.8, 4) is 0 Å². The van der Waals surface area contributed by atoms with Crippen molar-refractivity contribution in [3.63, 3.8) is 0 Å². The minimum atomic E-state index is -3.26. The Balaban J connectivity index is 2.72. The summed E-state index contributed by atoms with van der Waals surface area (Å²) in [6, 6.07) is 9.50. The van der Waals surface area contributed by atoms with Gasteiger partial charge in [0, 0.05) is 19.7 Å². The van der Waals surface area contributed by atoms with Gasteiger partial charge in [-0.3, -0.25) is 0 Å². The van der Waals surface area contributed by atoms with Gasteiger partial charge >= 0.3 is 0 Å². The summed E-state index contributed by atoms with van der Waals surface area (Å²) in [4.78, 5) is 0. The Kier molecular flexibility index (Phi) is 5.61. The maximum absolute atomic E-state index is 11.9. The molecule has 0 saturated carbocycles. The van der Waals surface area contributed by atoms with Crippen molar-refractivity contribution in [1.29, 1.82) is 0 Å². The van der Waals surface area contributed by atoms with Gasteiger partial charge in [-0.05, 0) is 12.0 Å². The van der Waals surface area contributed by atoms with Gasteiger partial charge < -0.3 is 5.11 Å². The second-order valence-corrected chi connectivity index (χ2v) is 5.89. The minimum absolute atomic E-state index is 0.00414. The van der Waals surface area contributed by atoms with E-state index in [0.717, 1.165) is 5.56 Å². The van der Waals surface area contributed by atoms with E-state index in [0.29, 0.717) is 13.1 Å². The smallest absolute Gasteiger partial charge is 0.214 e. The number of hydrogen-bond donors (Lipinski definition) is 1.